The van der Waals surface area contributed by atoms with Gasteiger partial charge < -0.3 is 9.84 Å². The van der Waals surface area contributed by atoms with Crippen LogP contribution in [0, 0.1) is 5.82 Å². The van der Waals surface area contributed by atoms with Crippen LogP contribution in [0.4, 0.5) is 4.39 Å². The minimum atomic E-state index is -0.579. The summed E-state index contributed by atoms with van der Waals surface area (Å²) in [4.78, 5) is 2.32. The SMILES string of the molecule is O[C@@H](COCc1ccccc1F)CN1CCCC[C@H]1Cn1cccn1. The van der Waals surface area contributed by atoms with E-state index in [4.69, 9.17) is 4.74 Å². The van der Waals surface area contributed by atoms with Gasteiger partial charge in [-0.05, 0) is 31.5 Å². The van der Waals surface area contributed by atoms with Crippen molar-refractivity contribution >= 4 is 0 Å². The number of likely N-dealkylation sites (tertiary alicyclic amines) is 1. The van der Waals surface area contributed by atoms with Crippen LogP contribution in [0.25, 0.3) is 0 Å². The molecule has 0 bridgehead atoms. The van der Waals surface area contributed by atoms with Gasteiger partial charge in [-0.2, -0.15) is 5.10 Å². The molecule has 25 heavy (non-hydrogen) atoms. The summed E-state index contributed by atoms with van der Waals surface area (Å²) in [6.45, 7) is 2.79. The van der Waals surface area contributed by atoms with Gasteiger partial charge in [0.25, 0.3) is 0 Å². The highest BCUT2D eigenvalue weighted by molar-refractivity contribution is 5.16. The third kappa shape index (κ3) is 5.36. The molecule has 6 heteroatoms. The zero-order valence-corrected chi connectivity index (χ0v) is 14.4. The van der Waals surface area contributed by atoms with Gasteiger partial charge in [-0.25, -0.2) is 4.39 Å². The predicted octanol–water partition coefficient (Wildman–Crippen LogP) is 2.45. The number of ether oxygens (including phenoxy) is 1. The van der Waals surface area contributed by atoms with Crippen LogP contribution in [0.15, 0.2) is 42.7 Å². The van der Waals surface area contributed by atoms with E-state index in [1.807, 2.05) is 16.9 Å². The van der Waals surface area contributed by atoms with E-state index in [9.17, 15) is 9.50 Å². The molecule has 0 saturated carbocycles. The lowest BCUT2D eigenvalue weighted by atomic mass is 10.0. The first-order valence-electron chi connectivity index (χ1n) is 8.93. The topological polar surface area (TPSA) is 50.5 Å². The van der Waals surface area contributed by atoms with Crippen molar-refractivity contribution < 1.29 is 14.2 Å². The Labute approximate surface area is 148 Å². The van der Waals surface area contributed by atoms with Crippen LogP contribution in [0.1, 0.15) is 24.8 Å². The fourth-order valence-electron chi connectivity index (χ4n) is 3.38. The highest BCUT2D eigenvalue weighted by atomic mass is 19.1. The number of piperidine rings is 1. The molecular weight excluding hydrogens is 321 g/mol. The van der Waals surface area contributed by atoms with Crippen molar-refractivity contribution in [3.63, 3.8) is 0 Å². The third-order valence-electron chi connectivity index (χ3n) is 4.68. The van der Waals surface area contributed by atoms with Crippen LogP contribution in [0.3, 0.4) is 0 Å². The van der Waals surface area contributed by atoms with Crippen LogP contribution in [0.5, 0.6) is 0 Å². The fourth-order valence-corrected chi connectivity index (χ4v) is 3.38. The van der Waals surface area contributed by atoms with E-state index >= 15 is 0 Å². The van der Waals surface area contributed by atoms with Crippen molar-refractivity contribution in [2.24, 2.45) is 0 Å². The normalized spacial score (nSPS) is 19.8. The Balaban J connectivity index is 1.45. The fraction of sp³-hybridized carbons (Fsp3) is 0.526. The van der Waals surface area contributed by atoms with E-state index < -0.39 is 6.10 Å². The smallest absolute Gasteiger partial charge is 0.128 e. The molecule has 0 radical (unpaired) electrons. The Hall–Kier alpha value is -1.76. The summed E-state index contributed by atoms with van der Waals surface area (Å²) in [6, 6.07) is 8.87. The lowest BCUT2D eigenvalue weighted by Gasteiger charge is -2.36. The number of halogens is 1. The molecule has 1 aromatic carbocycles. The van der Waals surface area contributed by atoms with Crippen LogP contribution in [-0.4, -0.2) is 51.6 Å². The number of benzene rings is 1. The van der Waals surface area contributed by atoms with E-state index in [2.05, 4.69) is 10.00 Å². The van der Waals surface area contributed by atoms with Crippen LogP contribution in [0.2, 0.25) is 0 Å². The molecule has 1 N–H and O–H groups in total. The third-order valence-corrected chi connectivity index (χ3v) is 4.68. The van der Waals surface area contributed by atoms with Crippen molar-refractivity contribution in [1.29, 1.82) is 0 Å². The average Bonchev–Trinajstić information content (AvgIpc) is 3.11. The van der Waals surface area contributed by atoms with Crippen LogP contribution in [-0.2, 0) is 17.9 Å². The molecule has 0 unspecified atom stereocenters. The maximum atomic E-state index is 13.6. The predicted molar refractivity (Wildman–Crippen MR) is 93.5 cm³/mol. The molecule has 1 aromatic heterocycles. The molecule has 0 spiro atoms. The molecular formula is C19H26FN3O2. The van der Waals surface area contributed by atoms with Gasteiger partial charge in [0.05, 0.1) is 25.9 Å². The summed E-state index contributed by atoms with van der Waals surface area (Å²) in [6.07, 6.45) is 6.66. The molecule has 2 heterocycles. The highest BCUT2D eigenvalue weighted by Crippen LogP contribution is 2.19. The molecule has 1 aliphatic heterocycles. The maximum absolute atomic E-state index is 13.6. The van der Waals surface area contributed by atoms with Crippen LogP contribution >= 0.6 is 0 Å². The molecule has 3 rings (SSSR count). The standard InChI is InChI=1S/C19H26FN3O2/c20-19-8-2-1-6-16(19)14-25-15-18(24)13-22-10-4-3-7-17(22)12-23-11-5-9-21-23/h1-2,5-6,8-9,11,17-18,24H,3-4,7,10,12-15H2/t17-,18+/m0/s1. The lowest BCUT2D eigenvalue weighted by Crippen LogP contribution is -2.46. The molecule has 136 valence electrons. The number of aromatic nitrogens is 2. The molecule has 5 nitrogen and oxygen atoms in total. The Morgan fingerprint density at radius 1 is 1.28 bits per heavy atom. The minimum Gasteiger partial charge on any atom is -0.389 e. The summed E-state index contributed by atoms with van der Waals surface area (Å²) >= 11 is 0. The molecule has 0 aliphatic carbocycles. The Bertz CT molecular complexity index is 635. The monoisotopic (exact) mass is 347 g/mol. The van der Waals surface area contributed by atoms with Crippen molar-refractivity contribution in [2.75, 3.05) is 19.7 Å². The van der Waals surface area contributed by atoms with Gasteiger partial charge in [-0.1, -0.05) is 24.6 Å². The molecule has 2 atom stereocenters. The zero-order chi connectivity index (χ0) is 17.5. The van der Waals surface area contributed by atoms with Gasteiger partial charge >= 0.3 is 0 Å². The lowest BCUT2D eigenvalue weighted by molar-refractivity contribution is -0.00626. The average molecular weight is 347 g/mol. The van der Waals surface area contributed by atoms with Gasteiger partial charge in [0.2, 0.25) is 0 Å². The molecule has 1 fully saturated rings. The second kappa shape index (κ2) is 9.08. The van der Waals surface area contributed by atoms with Crippen molar-refractivity contribution in [1.82, 2.24) is 14.7 Å². The van der Waals surface area contributed by atoms with Crippen molar-refractivity contribution in [2.45, 2.75) is 44.6 Å². The minimum absolute atomic E-state index is 0.181. The summed E-state index contributed by atoms with van der Waals surface area (Å²) < 4.78 is 21.0. The number of aliphatic hydroxyl groups is 1. The molecule has 1 saturated heterocycles. The van der Waals surface area contributed by atoms with Gasteiger partial charge in [-0.15, -0.1) is 0 Å². The Kier molecular flexibility index (Phi) is 6.55. The van der Waals surface area contributed by atoms with E-state index in [-0.39, 0.29) is 19.0 Å². The number of β-amino-alcohol motifs (C(OH)–C–C–N with tert-alkyl or cyclic N) is 1. The highest BCUT2D eigenvalue weighted by Gasteiger charge is 2.24. The summed E-state index contributed by atoms with van der Waals surface area (Å²) in [5.41, 5.74) is 0.518. The first-order chi connectivity index (χ1) is 12.2. The largest absolute Gasteiger partial charge is 0.389 e. The van der Waals surface area contributed by atoms with Gasteiger partial charge in [0.1, 0.15) is 5.82 Å². The summed E-state index contributed by atoms with van der Waals surface area (Å²) in [5.74, 6) is -0.271. The number of aliphatic hydroxyl groups excluding tert-OH is 1. The first kappa shape index (κ1) is 18.0. The summed E-state index contributed by atoms with van der Waals surface area (Å²) in [7, 11) is 0. The first-order valence-corrected chi connectivity index (χ1v) is 8.93. The van der Waals surface area contributed by atoms with E-state index in [1.165, 1.54) is 12.5 Å². The summed E-state index contributed by atoms with van der Waals surface area (Å²) in [5, 5.41) is 14.6. The number of rotatable bonds is 8. The second-order valence-corrected chi connectivity index (χ2v) is 6.63. The van der Waals surface area contributed by atoms with Crippen molar-refractivity contribution in [3.8, 4) is 0 Å². The quantitative estimate of drug-likeness (QED) is 0.797. The molecule has 1 aliphatic rings. The maximum Gasteiger partial charge on any atom is 0.128 e. The Morgan fingerprint density at radius 3 is 2.96 bits per heavy atom. The molecule has 2 aromatic rings. The number of nitrogens with zero attached hydrogens (tertiary/aromatic N) is 3. The van der Waals surface area contributed by atoms with Gasteiger partial charge in [0.15, 0.2) is 0 Å². The van der Waals surface area contributed by atoms with Crippen LogP contribution < -0.4 is 0 Å². The van der Waals surface area contributed by atoms with E-state index in [1.54, 1.807) is 24.4 Å². The van der Waals surface area contributed by atoms with E-state index in [0.717, 1.165) is 25.9 Å². The molecule has 0 amide bonds. The van der Waals surface area contributed by atoms with E-state index in [0.29, 0.717) is 18.2 Å². The van der Waals surface area contributed by atoms with Crippen molar-refractivity contribution in [3.05, 3.63) is 54.1 Å². The second-order valence-electron chi connectivity index (χ2n) is 6.63. The number of hydrogen-bond donors (Lipinski definition) is 1. The number of hydrogen-bond acceptors (Lipinski definition) is 4. The van der Waals surface area contributed by atoms with Gasteiger partial charge in [0, 0.05) is 30.5 Å². The zero-order valence-electron chi connectivity index (χ0n) is 14.4. The Morgan fingerprint density at radius 2 is 2.16 bits per heavy atom. The van der Waals surface area contributed by atoms with Gasteiger partial charge in [-0.3, -0.25) is 9.58 Å².